The van der Waals surface area contributed by atoms with Crippen molar-refractivity contribution in [2.45, 2.75) is 84.6 Å². The van der Waals surface area contributed by atoms with Gasteiger partial charge in [0.2, 0.25) is 0 Å². The van der Waals surface area contributed by atoms with Crippen LogP contribution in [0.2, 0.25) is 0 Å². The average molecular weight is 253 g/mol. The third-order valence-electron chi connectivity index (χ3n) is 5.07. The number of hydrogen-bond acceptors (Lipinski definition) is 1. The lowest BCUT2D eigenvalue weighted by Gasteiger charge is -2.35. The Hall–Kier alpha value is -0.0400. The van der Waals surface area contributed by atoms with E-state index >= 15 is 0 Å². The summed E-state index contributed by atoms with van der Waals surface area (Å²) in [7, 11) is 2.17. The van der Waals surface area contributed by atoms with E-state index in [-0.39, 0.29) is 0 Å². The van der Waals surface area contributed by atoms with Crippen LogP contribution in [0.1, 0.15) is 78.6 Å². The number of nitrogens with one attached hydrogen (secondary N) is 1. The van der Waals surface area contributed by atoms with Gasteiger partial charge in [0.1, 0.15) is 0 Å². The van der Waals surface area contributed by atoms with Gasteiger partial charge in [0.25, 0.3) is 0 Å². The Morgan fingerprint density at radius 1 is 0.944 bits per heavy atom. The molecule has 0 bridgehead atoms. The van der Waals surface area contributed by atoms with Crippen molar-refractivity contribution in [3.63, 3.8) is 0 Å². The highest BCUT2D eigenvalue weighted by atomic mass is 14.9. The van der Waals surface area contributed by atoms with E-state index in [9.17, 15) is 0 Å². The summed E-state index contributed by atoms with van der Waals surface area (Å²) in [6, 6.07) is 0.787. The van der Waals surface area contributed by atoms with E-state index in [0.29, 0.717) is 0 Å². The molecule has 1 rings (SSSR count). The van der Waals surface area contributed by atoms with E-state index in [2.05, 4.69) is 33.1 Å². The second kappa shape index (κ2) is 8.96. The Morgan fingerprint density at radius 3 is 2.06 bits per heavy atom. The van der Waals surface area contributed by atoms with Crippen LogP contribution in [0.5, 0.6) is 0 Å². The SMILES string of the molecule is CCCCCCC(NC)C1CCC(C(C)C)CC1. The maximum atomic E-state index is 3.59. The molecule has 0 saturated heterocycles. The van der Waals surface area contributed by atoms with Gasteiger partial charge in [-0.1, -0.05) is 46.5 Å². The van der Waals surface area contributed by atoms with Gasteiger partial charge < -0.3 is 5.32 Å². The molecule has 18 heavy (non-hydrogen) atoms. The van der Waals surface area contributed by atoms with Gasteiger partial charge in [0, 0.05) is 6.04 Å². The highest BCUT2D eigenvalue weighted by molar-refractivity contribution is 4.82. The van der Waals surface area contributed by atoms with Crippen LogP contribution in [0.25, 0.3) is 0 Å². The first-order valence-electron chi connectivity index (χ1n) is 8.36. The zero-order valence-electron chi connectivity index (χ0n) is 13.2. The maximum Gasteiger partial charge on any atom is 0.00923 e. The quantitative estimate of drug-likeness (QED) is 0.600. The zero-order valence-corrected chi connectivity index (χ0v) is 13.2. The molecule has 1 saturated carbocycles. The number of hydrogen-bond donors (Lipinski definition) is 1. The van der Waals surface area contributed by atoms with Crippen molar-refractivity contribution in [2.75, 3.05) is 7.05 Å². The fourth-order valence-electron chi connectivity index (χ4n) is 3.62. The van der Waals surface area contributed by atoms with Gasteiger partial charge in [-0.2, -0.15) is 0 Å². The lowest BCUT2D eigenvalue weighted by atomic mass is 9.74. The fourth-order valence-corrected chi connectivity index (χ4v) is 3.62. The predicted molar refractivity (Wildman–Crippen MR) is 81.9 cm³/mol. The molecule has 0 aromatic carbocycles. The van der Waals surface area contributed by atoms with Crippen LogP contribution >= 0.6 is 0 Å². The highest BCUT2D eigenvalue weighted by Crippen LogP contribution is 2.35. The minimum Gasteiger partial charge on any atom is -0.317 e. The largest absolute Gasteiger partial charge is 0.317 e. The summed E-state index contributed by atoms with van der Waals surface area (Å²) in [5, 5.41) is 3.59. The van der Waals surface area contributed by atoms with Gasteiger partial charge in [-0.25, -0.2) is 0 Å². The molecular weight excluding hydrogens is 218 g/mol. The van der Waals surface area contributed by atoms with Gasteiger partial charge >= 0.3 is 0 Å². The highest BCUT2D eigenvalue weighted by Gasteiger charge is 2.27. The van der Waals surface area contributed by atoms with Crippen molar-refractivity contribution >= 4 is 0 Å². The Balaban J connectivity index is 2.25. The predicted octanol–water partition coefficient (Wildman–Crippen LogP) is 5.01. The summed E-state index contributed by atoms with van der Waals surface area (Å²) in [6.45, 7) is 7.08. The molecule has 0 aromatic heterocycles. The smallest absolute Gasteiger partial charge is 0.00923 e. The standard InChI is InChI=1S/C17H35N/c1-5-6-7-8-9-17(18-4)16-12-10-15(11-13-16)14(2)3/h14-18H,5-13H2,1-4H3. The van der Waals surface area contributed by atoms with Crippen molar-refractivity contribution in [1.29, 1.82) is 0 Å². The second-order valence-electron chi connectivity index (χ2n) is 6.66. The van der Waals surface area contributed by atoms with Crippen LogP contribution in [0, 0.1) is 17.8 Å². The zero-order chi connectivity index (χ0) is 13.4. The molecular formula is C17H35N. The van der Waals surface area contributed by atoms with Crippen molar-refractivity contribution in [2.24, 2.45) is 17.8 Å². The van der Waals surface area contributed by atoms with E-state index in [1.54, 1.807) is 0 Å². The molecule has 1 atom stereocenters. The minimum atomic E-state index is 0.787. The summed E-state index contributed by atoms with van der Waals surface area (Å²) in [6.07, 6.45) is 12.9. The van der Waals surface area contributed by atoms with E-state index in [1.165, 1.54) is 57.8 Å². The fraction of sp³-hybridized carbons (Fsp3) is 1.00. The molecule has 108 valence electrons. The molecule has 1 unspecified atom stereocenters. The molecule has 1 fully saturated rings. The van der Waals surface area contributed by atoms with Crippen LogP contribution in [-0.2, 0) is 0 Å². The Morgan fingerprint density at radius 2 is 1.56 bits per heavy atom. The topological polar surface area (TPSA) is 12.0 Å². The van der Waals surface area contributed by atoms with Crippen molar-refractivity contribution in [1.82, 2.24) is 5.32 Å². The first-order chi connectivity index (χ1) is 8.69. The lowest BCUT2D eigenvalue weighted by Crippen LogP contribution is -2.36. The molecule has 1 heteroatoms. The molecule has 0 aromatic rings. The Kier molecular flexibility index (Phi) is 7.97. The molecule has 1 aliphatic rings. The second-order valence-corrected chi connectivity index (χ2v) is 6.66. The van der Waals surface area contributed by atoms with Crippen LogP contribution in [0.15, 0.2) is 0 Å². The van der Waals surface area contributed by atoms with Crippen LogP contribution in [0.3, 0.4) is 0 Å². The van der Waals surface area contributed by atoms with E-state index in [0.717, 1.165) is 23.8 Å². The summed E-state index contributed by atoms with van der Waals surface area (Å²) in [5.74, 6) is 2.84. The summed E-state index contributed by atoms with van der Waals surface area (Å²) in [4.78, 5) is 0. The van der Waals surface area contributed by atoms with E-state index in [4.69, 9.17) is 0 Å². The molecule has 0 aliphatic heterocycles. The van der Waals surface area contributed by atoms with Crippen LogP contribution < -0.4 is 5.32 Å². The third-order valence-corrected chi connectivity index (χ3v) is 5.07. The minimum absolute atomic E-state index is 0.787. The van der Waals surface area contributed by atoms with Gasteiger partial charge in [-0.05, 0) is 56.9 Å². The van der Waals surface area contributed by atoms with Gasteiger partial charge in [0.15, 0.2) is 0 Å². The molecule has 1 nitrogen and oxygen atoms in total. The molecule has 0 amide bonds. The number of unbranched alkanes of at least 4 members (excludes halogenated alkanes) is 3. The van der Waals surface area contributed by atoms with Gasteiger partial charge in [0.05, 0.1) is 0 Å². The molecule has 0 radical (unpaired) electrons. The van der Waals surface area contributed by atoms with Crippen molar-refractivity contribution in [3.05, 3.63) is 0 Å². The lowest BCUT2D eigenvalue weighted by molar-refractivity contribution is 0.186. The van der Waals surface area contributed by atoms with Gasteiger partial charge in [-0.15, -0.1) is 0 Å². The maximum absolute atomic E-state index is 3.59. The van der Waals surface area contributed by atoms with Gasteiger partial charge in [-0.3, -0.25) is 0 Å². The Labute approximate surface area is 115 Å². The number of rotatable bonds is 8. The first kappa shape index (κ1) is 16.0. The first-order valence-corrected chi connectivity index (χ1v) is 8.36. The van der Waals surface area contributed by atoms with Crippen molar-refractivity contribution in [3.8, 4) is 0 Å². The summed E-state index contributed by atoms with van der Waals surface area (Å²) < 4.78 is 0. The molecule has 0 spiro atoms. The van der Waals surface area contributed by atoms with Crippen LogP contribution in [0.4, 0.5) is 0 Å². The van der Waals surface area contributed by atoms with E-state index in [1.807, 2.05) is 0 Å². The normalized spacial score (nSPS) is 26.5. The monoisotopic (exact) mass is 253 g/mol. The molecule has 1 aliphatic carbocycles. The molecule has 0 heterocycles. The molecule has 1 N–H and O–H groups in total. The summed E-state index contributed by atoms with van der Waals surface area (Å²) in [5.41, 5.74) is 0. The third kappa shape index (κ3) is 5.30. The Bertz CT molecular complexity index is 192. The van der Waals surface area contributed by atoms with E-state index < -0.39 is 0 Å². The summed E-state index contributed by atoms with van der Waals surface area (Å²) >= 11 is 0. The van der Waals surface area contributed by atoms with Crippen molar-refractivity contribution < 1.29 is 0 Å². The average Bonchev–Trinajstić information content (AvgIpc) is 2.39. The van der Waals surface area contributed by atoms with Crippen LogP contribution in [-0.4, -0.2) is 13.1 Å².